The number of aromatic nitrogens is 4. The van der Waals surface area contributed by atoms with E-state index in [0.717, 1.165) is 24.2 Å². The molecule has 6 nitrogen and oxygen atoms in total. The van der Waals surface area contributed by atoms with Crippen molar-refractivity contribution in [2.75, 3.05) is 5.32 Å². The average molecular weight is 289 g/mol. The number of carbonyl (C=O) groups excluding carboxylic acids is 1. The Balaban J connectivity index is 1.78. The van der Waals surface area contributed by atoms with Gasteiger partial charge in [-0.2, -0.15) is 5.10 Å². The van der Waals surface area contributed by atoms with Gasteiger partial charge in [0.15, 0.2) is 5.82 Å². The van der Waals surface area contributed by atoms with Gasteiger partial charge in [0.2, 0.25) is 5.91 Å². The van der Waals surface area contributed by atoms with Gasteiger partial charge in [-0.15, -0.1) is 0 Å². The summed E-state index contributed by atoms with van der Waals surface area (Å²) in [5, 5.41) is 9.91. The van der Waals surface area contributed by atoms with Crippen molar-refractivity contribution in [2.24, 2.45) is 13.0 Å². The lowest BCUT2D eigenvalue weighted by atomic mass is 10.1. The Labute approximate surface area is 125 Å². The first kappa shape index (κ1) is 15.3. The molecule has 0 aliphatic rings. The molecule has 114 valence electrons. The lowest BCUT2D eigenvalue weighted by Gasteiger charge is -2.03. The Morgan fingerprint density at radius 2 is 2.24 bits per heavy atom. The summed E-state index contributed by atoms with van der Waals surface area (Å²) >= 11 is 0. The molecule has 2 aromatic rings. The van der Waals surface area contributed by atoms with Crippen molar-refractivity contribution in [3.05, 3.63) is 30.0 Å². The quantitative estimate of drug-likeness (QED) is 0.821. The molecule has 0 saturated heterocycles. The minimum atomic E-state index is -0.0295. The molecule has 21 heavy (non-hydrogen) atoms. The van der Waals surface area contributed by atoms with Crippen molar-refractivity contribution in [2.45, 2.75) is 39.5 Å². The van der Waals surface area contributed by atoms with Crippen LogP contribution in [-0.4, -0.2) is 25.7 Å². The highest BCUT2D eigenvalue weighted by atomic mass is 16.1. The van der Waals surface area contributed by atoms with Gasteiger partial charge < -0.3 is 9.88 Å². The zero-order valence-corrected chi connectivity index (χ0v) is 12.9. The summed E-state index contributed by atoms with van der Waals surface area (Å²) in [5.41, 5.74) is 2.11. The molecule has 2 N–H and O–H groups in total. The summed E-state index contributed by atoms with van der Waals surface area (Å²) in [4.78, 5) is 15.9. The normalized spacial score (nSPS) is 11.0. The smallest absolute Gasteiger partial charge is 0.225 e. The minimum Gasteiger partial charge on any atom is -0.338 e. The number of hydrogen-bond acceptors (Lipinski definition) is 3. The van der Waals surface area contributed by atoms with Crippen molar-refractivity contribution < 1.29 is 4.79 Å². The molecule has 0 spiro atoms. The number of imidazole rings is 1. The van der Waals surface area contributed by atoms with Crippen molar-refractivity contribution >= 4 is 11.7 Å². The third-order valence-electron chi connectivity index (χ3n) is 3.41. The van der Waals surface area contributed by atoms with Crippen molar-refractivity contribution in [3.63, 3.8) is 0 Å². The van der Waals surface area contributed by atoms with Crippen molar-refractivity contribution in [1.82, 2.24) is 19.7 Å². The highest BCUT2D eigenvalue weighted by Gasteiger charge is 2.08. The Morgan fingerprint density at radius 1 is 1.43 bits per heavy atom. The van der Waals surface area contributed by atoms with E-state index in [2.05, 4.69) is 34.3 Å². The molecule has 1 amide bonds. The molecule has 2 heterocycles. The third kappa shape index (κ3) is 4.73. The van der Waals surface area contributed by atoms with E-state index in [1.54, 1.807) is 12.5 Å². The Kier molecular flexibility index (Phi) is 5.14. The number of amides is 1. The first-order chi connectivity index (χ1) is 10.0. The molecule has 6 heteroatoms. The number of hydrogen-bond donors (Lipinski definition) is 2. The second kappa shape index (κ2) is 7.06. The maximum Gasteiger partial charge on any atom is 0.225 e. The van der Waals surface area contributed by atoms with Gasteiger partial charge in [-0.1, -0.05) is 13.8 Å². The molecule has 0 unspecified atom stereocenters. The molecule has 0 atom stereocenters. The van der Waals surface area contributed by atoms with Gasteiger partial charge in [-0.25, -0.2) is 4.98 Å². The standard InChI is InChI=1S/C15H23N5O/c1-11(2)4-5-12-8-14(19-18-12)17-15(21)7-6-13-9-16-10-20(13)3/h8-11H,4-7H2,1-3H3,(H2,17,18,19,21). The fraction of sp³-hybridized carbons (Fsp3) is 0.533. The summed E-state index contributed by atoms with van der Waals surface area (Å²) in [6.45, 7) is 4.38. The molecule has 0 aliphatic carbocycles. The molecule has 0 saturated carbocycles. The van der Waals surface area contributed by atoms with Gasteiger partial charge in [0.1, 0.15) is 0 Å². The van der Waals surface area contributed by atoms with Crippen LogP contribution in [0.15, 0.2) is 18.6 Å². The Morgan fingerprint density at radius 3 is 2.90 bits per heavy atom. The van der Waals surface area contributed by atoms with Gasteiger partial charge in [-0.05, 0) is 25.2 Å². The van der Waals surface area contributed by atoms with E-state index in [1.165, 1.54) is 0 Å². The molecule has 0 aliphatic heterocycles. The maximum atomic E-state index is 11.9. The molecule has 2 aromatic heterocycles. The molecule has 0 aromatic carbocycles. The third-order valence-corrected chi connectivity index (χ3v) is 3.41. The van der Waals surface area contributed by atoms with E-state index < -0.39 is 0 Å². The first-order valence-corrected chi connectivity index (χ1v) is 7.34. The van der Waals surface area contributed by atoms with Crippen LogP contribution in [0.25, 0.3) is 0 Å². The van der Waals surface area contributed by atoms with E-state index in [0.29, 0.717) is 24.6 Å². The van der Waals surface area contributed by atoms with Gasteiger partial charge in [0, 0.05) is 37.1 Å². The number of carbonyl (C=O) groups is 1. The van der Waals surface area contributed by atoms with E-state index in [9.17, 15) is 4.79 Å². The van der Waals surface area contributed by atoms with Crippen LogP contribution in [-0.2, 0) is 24.7 Å². The Hall–Kier alpha value is -2.11. The fourth-order valence-electron chi connectivity index (χ4n) is 2.07. The van der Waals surface area contributed by atoms with Crippen LogP contribution in [0, 0.1) is 5.92 Å². The predicted molar refractivity (Wildman–Crippen MR) is 81.9 cm³/mol. The maximum absolute atomic E-state index is 11.9. The van der Waals surface area contributed by atoms with Gasteiger partial charge in [-0.3, -0.25) is 9.89 Å². The van der Waals surface area contributed by atoms with Crippen molar-refractivity contribution in [3.8, 4) is 0 Å². The Bertz CT molecular complexity index is 584. The lowest BCUT2D eigenvalue weighted by Crippen LogP contribution is -2.13. The summed E-state index contributed by atoms with van der Waals surface area (Å²) in [7, 11) is 1.93. The summed E-state index contributed by atoms with van der Waals surface area (Å²) in [6, 6.07) is 1.91. The van der Waals surface area contributed by atoms with Crippen LogP contribution in [0.2, 0.25) is 0 Å². The van der Waals surface area contributed by atoms with E-state index >= 15 is 0 Å². The van der Waals surface area contributed by atoms with E-state index in [-0.39, 0.29) is 5.91 Å². The first-order valence-electron chi connectivity index (χ1n) is 7.34. The number of rotatable bonds is 7. The average Bonchev–Trinajstić information content (AvgIpc) is 3.03. The highest BCUT2D eigenvalue weighted by molar-refractivity contribution is 5.89. The highest BCUT2D eigenvalue weighted by Crippen LogP contribution is 2.11. The number of aromatic amines is 1. The van der Waals surface area contributed by atoms with Crippen molar-refractivity contribution in [1.29, 1.82) is 0 Å². The minimum absolute atomic E-state index is 0.0295. The molecule has 0 fully saturated rings. The van der Waals surface area contributed by atoms with Crippen LogP contribution in [0.3, 0.4) is 0 Å². The van der Waals surface area contributed by atoms with Crippen LogP contribution in [0.1, 0.15) is 38.1 Å². The monoisotopic (exact) mass is 289 g/mol. The molecular weight excluding hydrogens is 266 g/mol. The molecule has 0 bridgehead atoms. The fourth-order valence-corrected chi connectivity index (χ4v) is 2.07. The second-order valence-corrected chi connectivity index (χ2v) is 5.76. The number of aryl methyl sites for hydroxylation is 3. The van der Waals surface area contributed by atoms with Crippen LogP contribution in [0.4, 0.5) is 5.82 Å². The molecule has 2 rings (SSSR count). The van der Waals surface area contributed by atoms with Crippen LogP contribution < -0.4 is 5.32 Å². The van der Waals surface area contributed by atoms with Gasteiger partial charge in [0.25, 0.3) is 0 Å². The van der Waals surface area contributed by atoms with Gasteiger partial charge in [0.05, 0.1) is 6.33 Å². The SMILES string of the molecule is CC(C)CCc1cc(NC(=O)CCc2cncn2C)n[nH]1. The summed E-state index contributed by atoms with van der Waals surface area (Å²) < 4.78 is 1.92. The zero-order valence-electron chi connectivity index (χ0n) is 12.9. The lowest BCUT2D eigenvalue weighted by molar-refractivity contribution is -0.116. The number of nitrogens with zero attached hydrogens (tertiary/aromatic N) is 3. The van der Waals surface area contributed by atoms with Crippen LogP contribution in [0.5, 0.6) is 0 Å². The number of H-pyrrole nitrogens is 1. The molecular formula is C15H23N5O. The largest absolute Gasteiger partial charge is 0.338 e. The summed E-state index contributed by atoms with van der Waals surface area (Å²) in [5.74, 6) is 1.23. The second-order valence-electron chi connectivity index (χ2n) is 5.76. The zero-order chi connectivity index (χ0) is 15.2. The topological polar surface area (TPSA) is 75.6 Å². The van der Waals surface area contributed by atoms with E-state index in [4.69, 9.17) is 0 Å². The predicted octanol–water partition coefficient (Wildman–Crippen LogP) is 2.30. The molecule has 0 radical (unpaired) electrons. The van der Waals surface area contributed by atoms with Crippen LogP contribution >= 0.6 is 0 Å². The van der Waals surface area contributed by atoms with E-state index in [1.807, 2.05) is 17.7 Å². The van der Waals surface area contributed by atoms with Gasteiger partial charge >= 0.3 is 0 Å². The number of nitrogens with one attached hydrogen (secondary N) is 2. The summed E-state index contributed by atoms with van der Waals surface area (Å²) in [6.07, 6.45) is 6.68. The number of anilines is 1.